The zero-order chi connectivity index (χ0) is 17.1. The molecule has 1 aliphatic heterocycles. The van der Waals surface area contributed by atoms with Gasteiger partial charge in [-0.25, -0.2) is 0 Å². The molecule has 24 heavy (non-hydrogen) atoms. The number of H-pyrrole nitrogens is 1. The van der Waals surface area contributed by atoms with Gasteiger partial charge in [-0.05, 0) is 18.2 Å². The summed E-state index contributed by atoms with van der Waals surface area (Å²) in [6, 6.07) is 8.58. The summed E-state index contributed by atoms with van der Waals surface area (Å²) < 4.78 is 0. The van der Waals surface area contributed by atoms with Crippen molar-refractivity contribution in [1.82, 2.24) is 15.1 Å². The van der Waals surface area contributed by atoms with Crippen LogP contribution in [0, 0.1) is 0 Å². The first kappa shape index (κ1) is 16.9. The summed E-state index contributed by atoms with van der Waals surface area (Å²) in [5, 5.41) is 16.6. The van der Waals surface area contributed by atoms with Gasteiger partial charge in [0.2, 0.25) is 0 Å². The van der Waals surface area contributed by atoms with E-state index in [1.807, 2.05) is 12.1 Å². The number of hydrogen-bond acceptors (Lipinski definition) is 4. The molecule has 1 amide bonds. The number of thioether (sulfide) groups is 1. The number of carboxylic acid groups (broad SMARTS) is 1. The maximum atomic E-state index is 12.7. The summed E-state index contributed by atoms with van der Waals surface area (Å²) in [7, 11) is 0. The molecule has 2 heterocycles. The Bertz CT molecular complexity index is 747. The Labute approximate surface area is 148 Å². The van der Waals surface area contributed by atoms with Crippen molar-refractivity contribution >= 4 is 35.2 Å². The summed E-state index contributed by atoms with van der Waals surface area (Å²) in [6.07, 6.45) is -0.0447. The third-order valence-electron chi connectivity index (χ3n) is 3.85. The molecule has 1 saturated heterocycles. The zero-order valence-corrected chi connectivity index (χ0v) is 14.3. The van der Waals surface area contributed by atoms with Crippen LogP contribution < -0.4 is 0 Å². The van der Waals surface area contributed by atoms with Crippen molar-refractivity contribution in [3.63, 3.8) is 0 Å². The van der Waals surface area contributed by atoms with E-state index in [1.165, 1.54) is 0 Å². The van der Waals surface area contributed by atoms with Gasteiger partial charge in [0.1, 0.15) is 5.69 Å². The first-order valence-corrected chi connectivity index (χ1v) is 8.99. The van der Waals surface area contributed by atoms with Crippen molar-refractivity contribution in [3.05, 3.63) is 41.0 Å². The van der Waals surface area contributed by atoms with Crippen LogP contribution in [0.4, 0.5) is 0 Å². The predicted molar refractivity (Wildman–Crippen MR) is 93.4 cm³/mol. The summed E-state index contributed by atoms with van der Waals surface area (Å²) in [5.41, 5.74) is 1.87. The molecule has 1 aromatic heterocycles. The molecule has 0 saturated carbocycles. The predicted octanol–water partition coefficient (Wildman–Crippen LogP) is 2.76. The van der Waals surface area contributed by atoms with Crippen molar-refractivity contribution in [2.75, 3.05) is 18.1 Å². The first-order valence-electron chi connectivity index (χ1n) is 7.46. The van der Waals surface area contributed by atoms with Crippen LogP contribution in [0.5, 0.6) is 0 Å². The van der Waals surface area contributed by atoms with Crippen LogP contribution in [0.15, 0.2) is 30.3 Å². The second-order valence-electron chi connectivity index (χ2n) is 5.50. The molecule has 2 N–H and O–H groups in total. The van der Waals surface area contributed by atoms with Crippen LogP contribution in [0.2, 0.25) is 5.02 Å². The molecule has 126 valence electrons. The van der Waals surface area contributed by atoms with E-state index in [1.54, 1.807) is 34.9 Å². The van der Waals surface area contributed by atoms with E-state index in [0.717, 1.165) is 11.3 Å². The highest BCUT2D eigenvalue weighted by molar-refractivity contribution is 7.99. The highest BCUT2D eigenvalue weighted by Crippen LogP contribution is 2.24. The topological polar surface area (TPSA) is 86.3 Å². The number of benzene rings is 1. The number of amides is 1. The maximum Gasteiger partial charge on any atom is 0.305 e. The van der Waals surface area contributed by atoms with Crippen molar-refractivity contribution in [2.45, 2.75) is 12.5 Å². The fourth-order valence-corrected chi connectivity index (χ4v) is 3.84. The Kier molecular flexibility index (Phi) is 5.11. The zero-order valence-electron chi connectivity index (χ0n) is 12.7. The molecule has 0 spiro atoms. The molecule has 8 heteroatoms. The number of aromatic amines is 1. The summed E-state index contributed by atoms with van der Waals surface area (Å²) in [6.45, 7) is 0.538. The number of nitrogens with one attached hydrogen (secondary N) is 1. The molecular weight excluding hydrogens is 350 g/mol. The lowest BCUT2D eigenvalue weighted by atomic mass is 10.1. The summed E-state index contributed by atoms with van der Waals surface area (Å²) >= 11 is 7.54. The average molecular weight is 366 g/mol. The summed E-state index contributed by atoms with van der Waals surface area (Å²) in [4.78, 5) is 25.4. The van der Waals surface area contributed by atoms with Crippen molar-refractivity contribution < 1.29 is 14.7 Å². The fraction of sp³-hybridized carbons (Fsp3) is 0.312. The van der Waals surface area contributed by atoms with Crippen molar-refractivity contribution in [1.29, 1.82) is 0 Å². The second kappa shape index (κ2) is 7.27. The van der Waals surface area contributed by atoms with Gasteiger partial charge in [0.05, 0.1) is 18.2 Å². The van der Waals surface area contributed by atoms with E-state index >= 15 is 0 Å². The van der Waals surface area contributed by atoms with Crippen LogP contribution >= 0.6 is 23.4 Å². The molecule has 1 fully saturated rings. The van der Waals surface area contributed by atoms with E-state index in [9.17, 15) is 9.59 Å². The molecular formula is C16H16ClN3O3S. The lowest BCUT2D eigenvalue weighted by molar-refractivity contribution is -0.138. The Balaban J connectivity index is 1.79. The third kappa shape index (κ3) is 3.73. The lowest BCUT2D eigenvalue weighted by Crippen LogP contribution is -2.47. The van der Waals surface area contributed by atoms with E-state index in [4.69, 9.17) is 16.7 Å². The van der Waals surface area contributed by atoms with E-state index in [2.05, 4.69) is 10.2 Å². The van der Waals surface area contributed by atoms with Gasteiger partial charge in [-0.15, -0.1) is 0 Å². The minimum Gasteiger partial charge on any atom is -0.481 e. The van der Waals surface area contributed by atoms with Gasteiger partial charge in [-0.3, -0.25) is 14.7 Å². The van der Waals surface area contributed by atoms with Crippen LogP contribution in [-0.2, 0) is 4.79 Å². The Morgan fingerprint density at radius 3 is 2.83 bits per heavy atom. The van der Waals surface area contributed by atoms with Crippen LogP contribution in [0.3, 0.4) is 0 Å². The standard InChI is InChI=1S/C16H16ClN3O3S/c17-11-3-1-10(2-4-11)13-8-14(19-18-13)16(23)20-5-6-24-9-12(20)7-15(21)22/h1-4,8,12H,5-7,9H2,(H,18,19)(H,21,22). The second-order valence-corrected chi connectivity index (χ2v) is 7.09. The Hall–Kier alpha value is -1.99. The Morgan fingerprint density at radius 2 is 2.12 bits per heavy atom. The highest BCUT2D eigenvalue weighted by Gasteiger charge is 2.30. The van der Waals surface area contributed by atoms with Gasteiger partial charge in [-0.1, -0.05) is 23.7 Å². The number of nitrogens with zero attached hydrogens (tertiary/aromatic N) is 2. The number of carboxylic acids is 1. The highest BCUT2D eigenvalue weighted by atomic mass is 35.5. The third-order valence-corrected chi connectivity index (χ3v) is 5.19. The molecule has 1 unspecified atom stereocenters. The van der Waals surface area contributed by atoms with Crippen LogP contribution in [0.1, 0.15) is 16.9 Å². The van der Waals surface area contributed by atoms with Gasteiger partial charge >= 0.3 is 5.97 Å². The van der Waals surface area contributed by atoms with Gasteiger partial charge in [0.15, 0.2) is 0 Å². The number of carbonyl (C=O) groups excluding carboxylic acids is 1. The number of rotatable bonds is 4. The molecule has 0 bridgehead atoms. The number of hydrogen-bond donors (Lipinski definition) is 2. The molecule has 0 radical (unpaired) electrons. The SMILES string of the molecule is O=C(O)CC1CSCCN1C(=O)c1cc(-c2ccc(Cl)cc2)n[nH]1. The summed E-state index contributed by atoms with van der Waals surface area (Å²) in [5.74, 6) is 0.331. The van der Waals surface area contributed by atoms with Gasteiger partial charge < -0.3 is 10.0 Å². The maximum absolute atomic E-state index is 12.7. The van der Waals surface area contributed by atoms with Crippen molar-refractivity contribution in [3.8, 4) is 11.3 Å². The first-order chi connectivity index (χ1) is 11.5. The van der Waals surface area contributed by atoms with Gasteiger partial charge in [-0.2, -0.15) is 16.9 Å². The monoisotopic (exact) mass is 365 g/mol. The normalized spacial score (nSPS) is 17.7. The molecule has 3 rings (SSSR count). The lowest BCUT2D eigenvalue weighted by Gasteiger charge is -2.34. The van der Waals surface area contributed by atoms with Crippen LogP contribution in [0.25, 0.3) is 11.3 Å². The van der Waals surface area contributed by atoms with Gasteiger partial charge in [0.25, 0.3) is 5.91 Å². The quantitative estimate of drug-likeness (QED) is 0.870. The molecule has 1 atom stereocenters. The minimum atomic E-state index is -0.897. The molecule has 1 aliphatic rings. The molecule has 1 aromatic carbocycles. The largest absolute Gasteiger partial charge is 0.481 e. The molecule has 6 nitrogen and oxygen atoms in total. The minimum absolute atomic E-state index is 0.0447. The molecule has 2 aromatic rings. The van der Waals surface area contributed by atoms with E-state index < -0.39 is 5.97 Å². The average Bonchev–Trinajstić information content (AvgIpc) is 3.05. The number of carbonyl (C=O) groups is 2. The van der Waals surface area contributed by atoms with Crippen molar-refractivity contribution in [2.24, 2.45) is 0 Å². The fourth-order valence-electron chi connectivity index (χ4n) is 2.65. The molecule has 0 aliphatic carbocycles. The number of halogens is 1. The van der Waals surface area contributed by atoms with E-state index in [-0.39, 0.29) is 18.4 Å². The van der Waals surface area contributed by atoms with Gasteiger partial charge in [0, 0.05) is 28.6 Å². The van der Waals surface area contributed by atoms with E-state index in [0.29, 0.717) is 28.7 Å². The number of aliphatic carboxylic acids is 1. The Morgan fingerprint density at radius 1 is 1.38 bits per heavy atom. The smallest absolute Gasteiger partial charge is 0.305 e. The van der Waals surface area contributed by atoms with Crippen LogP contribution in [-0.4, -0.2) is 56.2 Å². The number of aromatic nitrogens is 2.